The SMILES string of the molecule is C/C=C(/N)c1cnccc1C(=C(C)C)c1ccc(C)cc1C. The maximum Gasteiger partial charge on any atom is 0.0367 e. The molecule has 0 aliphatic rings. The number of rotatable bonds is 3. The molecule has 1 heterocycles. The van der Waals surface area contributed by atoms with Crippen molar-refractivity contribution in [3.8, 4) is 0 Å². The van der Waals surface area contributed by atoms with Crippen LogP contribution in [0.2, 0.25) is 0 Å². The van der Waals surface area contributed by atoms with Gasteiger partial charge < -0.3 is 5.73 Å². The summed E-state index contributed by atoms with van der Waals surface area (Å²) in [5.74, 6) is 0. The Kier molecular flexibility index (Phi) is 4.81. The average Bonchev–Trinajstić information content (AvgIpc) is 2.49. The number of hydrogen-bond acceptors (Lipinski definition) is 2. The number of nitrogens with zero attached hydrogens (tertiary/aromatic N) is 1. The van der Waals surface area contributed by atoms with E-state index < -0.39 is 0 Å². The van der Waals surface area contributed by atoms with Gasteiger partial charge in [-0.25, -0.2) is 0 Å². The molecule has 0 aliphatic carbocycles. The molecule has 1 aromatic heterocycles. The fourth-order valence-electron chi connectivity index (χ4n) is 2.78. The molecule has 0 aliphatic heterocycles. The lowest BCUT2D eigenvalue weighted by Crippen LogP contribution is -2.04. The topological polar surface area (TPSA) is 38.9 Å². The number of aryl methyl sites for hydroxylation is 2. The lowest BCUT2D eigenvalue weighted by atomic mass is 9.88. The number of benzene rings is 1. The highest BCUT2D eigenvalue weighted by molar-refractivity contribution is 5.88. The van der Waals surface area contributed by atoms with Gasteiger partial charge in [-0.1, -0.05) is 35.4 Å². The Morgan fingerprint density at radius 3 is 2.36 bits per heavy atom. The van der Waals surface area contributed by atoms with Crippen molar-refractivity contribution in [1.29, 1.82) is 0 Å². The van der Waals surface area contributed by atoms with Crippen molar-refractivity contribution < 1.29 is 0 Å². The van der Waals surface area contributed by atoms with Gasteiger partial charge >= 0.3 is 0 Å². The van der Waals surface area contributed by atoms with Gasteiger partial charge in [0.05, 0.1) is 0 Å². The second-order valence-electron chi connectivity index (χ2n) is 5.86. The molecule has 114 valence electrons. The fraction of sp³-hybridized carbons (Fsp3) is 0.250. The fourth-order valence-corrected chi connectivity index (χ4v) is 2.78. The minimum absolute atomic E-state index is 0.756. The van der Waals surface area contributed by atoms with Gasteiger partial charge in [-0.3, -0.25) is 4.98 Å². The third-order valence-electron chi connectivity index (χ3n) is 3.86. The zero-order chi connectivity index (χ0) is 16.3. The van der Waals surface area contributed by atoms with Gasteiger partial charge in [-0.2, -0.15) is 0 Å². The van der Waals surface area contributed by atoms with Crippen LogP contribution in [0.1, 0.15) is 48.6 Å². The van der Waals surface area contributed by atoms with Gasteiger partial charge in [0.2, 0.25) is 0 Å². The molecular formula is C20H24N2. The van der Waals surface area contributed by atoms with E-state index in [1.54, 1.807) is 0 Å². The summed E-state index contributed by atoms with van der Waals surface area (Å²) in [7, 11) is 0. The molecule has 0 unspecified atom stereocenters. The standard InChI is InChI=1S/C20H24N2/c1-6-19(21)18-12-22-10-9-17(18)20(13(2)3)16-8-7-14(4)11-15(16)5/h6-12H,21H2,1-5H3/b19-6+. The lowest BCUT2D eigenvalue weighted by molar-refractivity contribution is 1.26. The molecule has 2 aromatic rings. The predicted octanol–water partition coefficient (Wildman–Crippen LogP) is 4.86. The monoisotopic (exact) mass is 292 g/mol. The van der Waals surface area contributed by atoms with Crippen LogP contribution >= 0.6 is 0 Å². The zero-order valence-electron chi connectivity index (χ0n) is 14.1. The summed E-state index contributed by atoms with van der Waals surface area (Å²) >= 11 is 0. The number of hydrogen-bond donors (Lipinski definition) is 1. The summed E-state index contributed by atoms with van der Waals surface area (Å²) < 4.78 is 0. The van der Waals surface area contributed by atoms with Crippen LogP contribution in [0, 0.1) is 13.8 Å². The minimum atomic E-state index is 0.756. The van der Waals surface area contributed by atoms with Crippen LogP contribution in [-0.4, -0.2) is 4.98 Å². The van der Waals surface area contributed by atoms with Crippen LogP contribution in [0.15, 0.2) is 48.3 Å². The van der Waals surface area contributed by atoms with Crippen LogP contribution in [0.4, 0.5) is 0 Å². The first-order valence-electron chi connectivity index (χ1n) is 7.57. The smallest absolute Gasteiger partial charge is 0.0367 e. The van der Waals surface area contributed by atoms with E-state index in [9.17, 15) is 0 Å². The molecule has 0 saturated heterocycles. The molecule has 0 atom stereocenters. The summed E-state index contributed by atoms with van der Waals surface area (Å²) in [6, 6.07) is 8.62. The van der Waals surface area contributed by atoms with Crippen LogP contribution in [0.5, 0.6) is 0 Å². The largest absolute Gasteiger partial charge is 0.398 e. The summed E-state index contributed by atoms with van der Waals surface area (Å²) in [6.07, 6.45) is 5.59. The van der Waals surface area contributed by atoms with E-state index >= 15 is 0 Å². The third kappa shape index (κ3) is 3.11. The van der Waals surface area contributed by atoms with Crippen LogP contribution < -0.4 is 5.73 Å². The first kappa shape index (κ1) is 16.0. The van der Waals surface area contributed by atoms with Gasteiger partial charge in [0, 0.05) is 23.7 Å². The third-order valence-corrected chi connectivity index (χ3v) is 3.86. The van der Waals surface area contributed by atoms with Crippen molar-refractivity contribution >= 4 is 11.3 Å². The summed E-state index contributed by atoms with van der Waals surface area (Å²) in [5.41, 5.74) is 15.4. The Morgan fingerprint density at radius 2 is 1.77 bits per heavy atom. The molecule has 0 bridgehead atoms. The highest BCUT2D eigenvalue weighted by Gasteiger charge is 2.14. The molecule has 22 heavy (non-hydrogen) atoms. The molecule has 2 N–H and O–H groups in total. The van der Waals surface area contributed by atoms with Crippen LogP contribution in [-0.2, 0) is 0 Å². The van der Waals surface area contributed by atoms with E-state index in [0.29, 0.717) is 0 Å². The number of nitrogens with two attached hydrogens (primary N) is 1. The predicted molar refractivity (Wildman–Crippen MR) is 95.4 cm³/mol. The normalized spacial score (nSPS) is 11.4. The summed E-state index contributed by atoms with van der Waals surface area (Å²) in [6.45, 7) is 10.5. The maximum atomic E-state index is 6.17. The van der Waals surface area contributed by atoms with Gasteiger partial charge in [0.15, 0.2) is 0 Å². The molecule has 0 radical (unpaired) electrons. The second kappa shape index (κ2) is 6.61. The van der Waals surface area contributed by atoms with E-state index in [0.717, 1.165) is 16.8 Å². The second-order valence-corrected chi connectivity index (χ2v) is 5.86. The van der Waals surface area contributed by atoms with Crippen LogP contribution in [0.25, 0.3) is 11.3 Å². The zero-order valence-corrected chi connectivity index (χ0v) is 14.1. The Balaban J connectivity index is 2.74. The number of allylic oxidation sites excluding steroid dienone is 2. The number of aromatic nitrogens is 1. The molecule has 0 saturated carbocycles. The van der Waals surface area contributed by atoms with Crippen molar-refractivity contribution in [2.24, 2.45) is 5.73 Å². The highest BCUT2D eigenvalue weighted by atomic mass is 14.7. The summed E-state index contributed by atoms with van der Waals surface area (Å²) in [5, 5.41) is 0. The molecule has 2 rings (SSSR count). The van der Waals surface area contributed by atoms with Gasteiger partial charge in [0.25, 0.3) is 0 Å². The van der Waals surface area contributed by atoms with E-state index in [1.165, 1.54) is 27.8 Å². The molecule has 0 amide bonds. The molecule has 2 nitrogen and oxygen atoms in total. The average molecular weight is 292 g/mol. The summed E-state index contributed by atoms with van der Waals surface area (Å²) in [4.78, 5) is 4.24. The van der Waals surface area contributed by atoms with Crippen molar-refractivity contribution in [3.05, 3.63) is 76.1 Å². The van der Waals surface area contributed by atoms with E-state index in [1.807, 2.05) is 31.5 Å². The van der Waals surface area contributed by atoms with E-state index in [4.69, 9.17) is 5.73 Å². The Hall–Kier alpha value is -2.35. The minimum Gasteiger partial charge on any atom is -0.398 e. The van der Waals surface area contributed by atoms with Crippen molar-refractivity contribution in [1.82, 2.24) is 4.98 Å². The first-order chi connectivity index (χ1) is 10.5. The van der Waals surface area contributed by atoms with E-state index in [-0.39, 0.29) is 0 Å². The van der Waals surface area contributed by atoms with Crippen molar-refractivity contribution in [2.45, 2.75) is 34.6 Å². The van der Waals surface area contributed by atoms with Gasteiger partial charge in [-0.05, 0) is 62.9 Å². The Morgan fingerprint density at radius 1 is 1.05 bits per heavy atom. The molecule has 0 fully saturated rings. The first-order valence-corrected chi connectivity index (χ1v) is 7.57. The Bertz CT molecular complexity index is 748. The molecule has 0 spiro atoms. The van der Waals surface area contributed by atoms with E-state index in [2.05, 4.69) is 50.9 Å². The Labute approximate surface area is 133 Å². The maximum absolute atomic E-state index is 6.17. The lowest BCUT2D eigenvalue weighted by Gasteiger charge is -2.17. The van der Waals surface area contributed by atoms with Gasteiger partial charge in [-0.15, -0.1) is 0 Å². The number of pyridine rings is 1. The quantitative estimate of drug-likeness (QED) is 0.877. The van der Waals surface area contributed by atoms with Crippen molar-refractivity contribution in [3.63, 3.8) is 0 Å². The molecule has 2 heteroatoms. The van der Waals surface area contributed by atoms with Gasteiger partial charge in [0.1, 0.15) is 0 Å². The molecule has 1 aromatic carbocycles. The highest BCUT2D eigenvalue weighted by Crippen LogP contribution is 2.33. The molecular weight excluding hydrogens is 268 g/mol. The van der Waals surface area contributed by atoms with Crippen molar-refractivity contribution in [2.75, 3.05) is 0 Å². The van der Waals surface area contributed by atoms with Crippen LogP contribution in [0.3, 0.4) is 0 Å².